The van der Waals surface area contributed by atoms with Crippen LogP contribution in [0.2, 0.25) is 0 Å². The Morgan fingerprint density at radius 1 is 0.522 bits per heavy atom. The van der Waals surface area contributed by atoms with Gasteiger partial charge in [-0.05, 0) is 24.6 Å². The maximum atomic E-state index is 2.23. The lowest BCUT2D eigenvalue weighted by atomic mass is 9.98. The molecule has 4 rings (SSSR count). The van der Waals surface area contributed by atoms with Crippen molar-refractivity contribution < 1.29 is 0 Å². The maximum absolute atomic E-state index is 2.23. The lowest BCUT2D eigenvalue weighted by Crippen LogP contribution is -1.82. The van der Waals surface area contributed by atoms with E-state index >= 15 is 0 Å². The van der Waals surface area contributed by atoms with E-state index in [1.165, 1.54) is 40.7 Å². The molecule has 0 N–H and O–H groups in total. The highest BCUT2D eigenvalue weighted by Crippen LogP contribution is 2.53. The van der Waals surface area contributed by atoms with E-state index < -0.39 is 0 Å². The van der Waals surface area contributed by atoms with E-state index in [9.17, 15) is 0 Å². The number of rotatable bonds is 3. The molecular weight excluding hydrogens is 314 g/mol. The molecule has 0 radical (unpaired) electrons. The van der Waals surface area contributed by atoms with Gasteiger partial charge in [0.05, 0.1) is 0 Å². The monoisotopic (exact) mass is 330 g/mol. The zero-order valence-electron chi connectivity index (χ0n) is 12.6. The van der Waals surface area contributed by atoms with Gasteiger partial charge in [-0.2, -0.15) is 0 Å². The molecule has 0 fully saturated rings. The quantitative estimate of drug-likeness (QED) is 0.370. The fourth-order valence-corrected chi connectivity index (χ4v) is 6.60. The van der Waals surface area contributed by atoms with Crippen LogP contribution in [-0.2, 0) is 0 Å². The van der Waals surface area contributed by atoms with Crippen molar-refractivity contribution in [3.05, 3.63) is 91.0 Å². The lowest BCUT2D eigenvalue weighted by molar-refractivity contribution is 1.64. The molecule has 0 saturated heterocycles. The Morgan fingerprint density at radius 3 is 1.57 bits per heavy atom. The van der Waals surface area contributed by atoms with Crippen LogP contribution in [0.15, 0.2) is 91.0 Å². The van der Waals surface area contributed by atoms with Crippen molar-refractivity contribution >= 4 is 15.7 Å². The molecule has 0 aliphatic heterocycles. The van der Waals surface area contributed by atoms with Crippen molar-refractivity contribution in [2.24, 2.45) is 0 Å². The van der Waals surface area contributed by atoms with Crippen LogP contribution in [0.1, 0.15) is 0 Å². The highest BCUT2D eigenvalue weighted by Gasteiger charge is 2.15. The second kappa shape index (κ2) is 6.55. The van der Waals surface area contributed by atoms with Gasteiger partial charge < -0.3 is 0 Å². The van der Waals surface area contributed by atoms with Crippen molar-refractivity contribution in [1.82, 2.24) is 0 Å². The minimum absolute atomic E-state index is 0.804. The Balaban J connectivity index is 1.97. The summed E-state index contributed by atoms with van der Waals surface area (Å²) in [5, 5.41) is 2.94. The summed E-state index contributed by atoms with van der Waals surface area (Å²) in [5.41, 5.74) is 5.43. The fraction of sp³-hybridized carbons (Fsp3) is 0. The minimum Gasteiger partial charge on any atom is -0.101 e. The van der Waals surface area contributed by atoms with Gasteiger partial charge in [0.15, 0.2) is 0 Å². The van der Waals surface area contributed by atoms with E-state index in [2.05, 4.69) is 91.0 Å². The van der Waals surface area contributed by atoms with E-state index in [1.807, 2.05) is 0 Å². The molecule has 1 heterocycles. The minimum atomic E-state index is 0.804. The van der Waals surface area contributed by atoms with Gasteiger partial charge in [0.1, 0.15) is 0 Å². The molecule has 0 spiro atoms. The van der Waals surface area contributed by atoms with Gasteiger partial charge in [-0.25, -0.2) is 0 Å². The van der Waals surface area contributed by atoms with Gasteiger partial charge in [-0.15, -0.1) is 7.87 Å². The van der Waals surface area contributed by atoms with E-state index in [0.717, 1.165) is 7.87 Å². The zero-order valence-corrected chi connectivity index (χ0v) is 14.5. The van der Waals surface area contributed by atoms with E-state index in [0.29, 0.717) is 0 Å². The van der Waals surface area contributed by atoms with Crippen LogP contribution in [0.3, 0.4) is 0 Å². The Labute approximate surface area is 139 Å². The van der Waals surface area contributed by atoms with Gasteiger partial charge in [-0.1, -0.05) is 91.0 Å². The second-order valence-electron chi connectivity index (χ2n) is 5.42. The van der Waals surface area contributed by atoms with E-state index in [-0.39, 0.29) is 0 Å². The first-order chi connectivity index (χ1) is 11.4. The molecule has 0 aliphatic carbocycles. The zero-order chi connectivity index (χ0) is 15.5. The first kappa shape index (κ1) is 14.5. The van der Waals surface area contributed by atoms with Crippen molar-refractivity contribution in [2.45, 2.75) is 0 Å². The average Bonchev–Trinajstić information content (AvgIpc) is 3.09. The summed E-state index contributed by atoms with van der Waals surface area (Å²) < 4.78 is 0. The first-order valence-electron chi connectivity index (χ1n) is 7.68. The summed E-state index contributed by atoms with van der Waals surface area (Å²) >= 11 is 0. The Bertz CT molecular complexity index is 838. The van der Waals surface area contributed by atoms with Gasteiger partial charge >= 0.3 is 0 Å². The summed E-state index contributed by atoms with van der Waals surface area (Å²) in [6, 6.07) is 32.4. The van der Waals surface area contributed by atoms with Crippen molar-refractivity contribution in [3.63, 3.8) is 0 Å². The van der Waals surface area contributed by atoms with Crippen LogP contribution in [0, 0.1) is 0 Å². The molecule has 4 aromatic rings. The molecule has 0 aliphatic rings. The molecule has 0 amide bonds. The number of hydrogen-bond acceptors (Lipinski definition) is 0. The van der Waals surface area contributed by atoms with Gasteiger partial charge in [0.2, 0.25) is 0 Å². The fourth-order valence-electron chi connectivity index (χ4n) is 2.85. The third-order valence-corrected chi connectivity index (χ3v) is 7.20. The molecule has 0 saturated carbocycles. The SMILES string of the molecule is c1ccc(-c2p[pH]c(-c3ccccc3)c2-c2ccccc2)cc1. The normalized spacial score (nSPS) is 11.3. The molecule has 110 valence electrons. The average molecular weight is 330 g/mol. The van der Waals surface area contributed by atoms with Gasteiger partial charge in [0.25, 0.3) is 0 Å². The highest BCUT2D eigenvalue weighted by molar-refractivity contribution is 7.93. The van der Waals surface area contributed by atoms with E-state index in [1.54, 1.807) is 0 Å². The summed E-state index contributed by atoms with van der Waals surface area (Å²) in [7, 11) is 2.22. The van der Waals surface area contributed by atoms with Gasteiger partial charge in [0, 0.05) is 16.2 Å². The predicted octanol–water partition coefficient (Wildman–Crippen LogP) is 7.30. The van der Waals surface area contributed by atoms with Crippen LogP contribution < -0.4 is 0 Å². The van der Waals surface area contributed by atoms with Crippen molar-refractivity contribution in [1.29, 1.82) is 0 Å². The molecule has 0 bridgehead atoms. The summed E-state index contributed by atoms with van der Waals surface area (Å²) in [6.07, 6.45) is 0. The predicted molar refractivity (Wildman–Crippen MR) is 105 cm³/mol. The van der Waals surface area contributed by atoms with E-state index in [4.69, 9.17) is 0 Å². The Morgan fingerprint density at radius 2 is 1.00 bits per heavy atom. The van der Waals surface area contributed by atoms with Gasteiger partial charge in [-0.3, -0.25) is 0 Å². The van der Waals surface area contributed by atoms with Crippen molar-refractivity contribution in [2.75, 3.05) is 0 Å². The molecular formula is C21H16P2. The molecule has 1 aromatic heterocycles. The first-order valence-corrected chi connectivity index (χ1v) is 10.4. The summed E-state index contributed by atoms with van der Waals surface area (Å²) in [6.45, 7) is 0. The Kier molecular flexibility index (Phi) is 4.12. The van der Waals surface area contributed by atoms with Crippen LogP contribution >= 0.6 is 15.7 Å². The number of hydrogen-bond donors (Lipinski definition) is 0. The molecule has 23 heavy (non-hydrogen) atoms. The van der Waals surface area contributed by atoms with Crippen molar-refractivity contribution in [3.8, 4) is 32.8 Å². The molecule has 2 heteroatoms. The maximum Gasteiger partial charge on any atom is 0.0215 e. The highest BCUT2D eigenvalue weighted by atomic mass is 31.8. The van der Waals surface area contributed by atoms with Crippen LogP contribution in [-0.4, -0.2) is 0 Å². The molecule has 1 atom stereocenters. The van der Waals surface area contributed by atoms with Crippen LogP contribution in [0.4, 0.5) is 0 Å². The topological polar surface area (TPSA) is 0 Å². The molecule has 1 unspecified atom stereocenters. The van der Waals surface area contributed by atoms with Crippen LogP contribution in [0.5, 0.6) is 0 Å². The standard InChI is InChI=1S/C21H16P2/c1-4-10-16(11-5-1)19-20(17-12-6-2-7-13-17)22-23-21(19)18-14-8-3-9-15-18/h1-15,22H. The molecule has 0 nitrogen and oxygen atoms in total. The second-order valence-corrected chi connectivity index (χ2v) is 8.16. The molecule has 3 aromatic carbocycles. The third-order valence-electron chi connectivity index (χ3n) is 3.94. The van der Waals surface area contributed by atoms with Crippen LogP contribution in [0.25, 0.3) is 32.8 Å². The summed E-state index contributed by atoms with van der Waals surface area (Å²) in [4.78, 5) is 0. The third kappa shape index (κ3) is 2.89. The summed E-state index contributed by atoms with van der Waals surface area (Å²) in [5.74, 6) is 0. The lowest BCUT2D eigenvalue weighted by Gasteiger charge is -2.09. The largest absolute Gasteiger partial charge is 0.101 e. The number of benzene rings is 3. The smallest absolute Gasteiger partial charge is 0.0215 e. The Hall–Kier alpha value is -2.13.